The molecule has 2 aliphatic carbocycles. The summed E-state index contributed by atoms with van der Waals surface area (Å²) in [6.07, 6.45) is 5.30. The Morgan fingerprint density at radius 3 is 2.62 bits per heavy atom. The maximum atomic E-state index is 12.1. The molecule has 0 aliphatic heterocycles. The molecule has 1 unspecified atom stereocenters. The maximum Gasteiger partial charge on any atom is 0.273 e. The fraction of sp³-hybridized carbons (Fsp3) is 0.533. The second-order valence-electron chi connectivity index (χ2n) is 5.82. The summed E-state index contributed by atoms with van der Waals surface area (Å²) in [5.41, 5.74) is -0.348. The van der Waals surface area contributed by atoms with Crippen LogP contribution in [0.15, 0.2) is 22.7 Å². The summed E-state index contributed by atoms with van der Waals surface area (Å²) in [6.45, 7) is 0. The number of carbonyl (C=O) groups is 1. The molecule has 2 fully saturated rings. The van der Waals surface area contributed by atoms with Gasteiger partial charge in [0.2, 0.25) is 0 Å². The average molecular weight is 354 g/mol. The van der Waals surface area contributed by atoms with Gasteiger partial charge in [-0.25, -0.2) is 0 Å². The highest BCUT2D eigenvalue weighted by atomic mass is 79.9. The molecule has 0 bridgehead atoms. The first kappa shape index (κ1) is 14.5. The van der Waals surface area contributed by atoms with Crippen LogP contribution in [0, 0.1) is 15.5 Å². The lowest BCUT2D eigenvalue weighted by molar-refractivity contribution is -0.385. The number of halogens is 1. The van der Waals surface area contributed by atoms with Crippen molar-refractivity contribution in [2.75, 3.05) is 0 Å². The molecule has 0 radical (unpaired) electrons. The largest absolute Gasteiger partial charge is 0.487 e. The van der Waals surface area contributed by atoms with Gasteiger partial charge in [-0.05, 0) is 34.8 Å². The predicted molar refractivity (Wildman–Crippen MR) is 80.4 cm³/mol. The number of carbonyl (C=O) groups excluding carboxylic acids is 1. The van der Waals surface area contributed by atoms with Gasteiger partial charge in [-0.1, -0.05) is 19.3 Å². The second kappa shape index (κ2) is 5.40. The van der Waals surface area contributed by atoms with Crippen LogP contribution in [-0.2, 0) is 4.79 Å². The zero-order chi connectivity index (χ0) is 15.0. The van der Waals surface area contributed by atoms with Crippen molar-refractivity contribution < 1.29 is 14.5 Å². The van der Waals surface area contributed by atoms with Crippen molar-refractivity contribution in [3.63, 3.8) is 0 Å². The molecule has 0 saturated heterocycles. The molecule has 0 amide bonds. The normalized spacial score (nSPS) is 23.7. The third-order valence-corrected chi connectivity index (χ3v) is 5.34. The zero-order valence-electron chi connectivity index (χ0n) is 11.5. The van der Waals surface area contributed by atoms with E-state index < -0.39 is 4.92 Å². The summed E-state index contributed by atoms with van der Waals surface area (Å²) in [4.78, 5) is 22.5. The smallest absolute Gasteiger partial charge is 0.273 e. The standard InChI is InChI=1S/C15H16BrNO4/c16-11-5-4-10(17(19)20)8-12(11)21-14-9-13(18)15(14)6-2-1-3-7-15/h4-5,8,14H,1-3,6-7,9H2. The number of nitro groups is 1. The van der Waals surface area contributed by atoms with Crippen LogP contribution >= 0.6 is 15.9 Å². The highest BCUT2D eigenvalue weighted by Crippen LogP contribution is 2.51. The van der Waals surface area contributed by atoms with E-state index in [9.17, 15) is 14.9 Å². The number of ether oxygens (including phenoxy) is 1. The number of rotatable bonds is 3. The summed E-state index contributed by atoms with van der Waals surface area (Å²) >= 11 is 3.36. The van der Waals surface area contributed by atoms with Gasteiger partial charge in [0.05, 0.1) is 20.9 Å². The Labute approximate surface area is 130 Å². The Kier molecular flexibility index (Phi) is 3.73. The molecule has 0 N–H and O–H groups in total. The van der Waals surface area contributed by atoms with Crippen molar-refractivity contribution in [1.29, 1.82) is 0 Å². The zero-order valence-corrected chi connectivity index (χ0v) is 13.1. The van der Waals surface area contributed by atoms with Crippen LogP contribution < -0.4 is 4.74 Å². The average Bonchev–Trinajstić information content (AvgIpc) is 2.49. The van der Waals surface area contributed by atoms with E-state index in [-0.39, 0.29) is 23.0 Å². The van der Waals surface area contributed by atoms with Crippen LogP contribution in [-0.4, -0.2) is 16.8 Å². The molecule has 3 rings (SSSR count). The van der Waals surface area contributed by atoms with Gasteiger partial charge >= 0.3 is 0 Å². The molecule has 0 heterocycles. The Hall–Kier alpha value is -1.43. The van der Waals surface area contributed by atoms with E-state index in [4.69, 9.17) is 4.74 Å². The molecule has 2 aliphatic rings. The van der Waals surface area contributed by atoms with Crippen LogP contribution in [0.25, 0.3) is 0 Å². The van der Waals surface area contributed by atoms with E-state index in [1.807, 2.05) is 0 Å². The first-order valence-electron chi connectivity index (χ1n) is 7.17. The summed E-state index contributed by atoms with van der Waals surface area (Å²) < 4.78 is 6.64. The second-order valence-corrected chi connectivity index (χ2v) is 6.68. The van der Waals surface area contributed by atoms with Gasteiger partial charge in [-0.3, -0.25) is 14.9 Å². The van der Waals surface area contributed by atoms with Gasteiger partial charge in [-0.15, -0.1) is 0 Å². The van der Waals surface area contributed by atoms with Crippen LogP contribution in [0.1, 0.15) is 38.5 Å². The van der Waals surface area contributed by atoms with Crippen molar-refractivity contribution in [3.8, 4) is 5.75 Å². The van der Waals surface area contributed by atoms with Crippen molar-refractivity contribution in [2.24, 2.45) is 5.41 Å². The number of hydrogen-bond acceptors (Lipinski definition) is 4. The van der Waals surface area contributed by atoms with Crippen molar-refractivity contribution >= 4 is 27.4 Å². The van der Waals surface area contributed by atoms with Crippen LogP contribution in [0.5, 0.6) is 5.75 Å². The lowest BCUT2D eigenvalue weighted by Crippen LogP contribution is -2.57. The lowest BCUT2D eigenvalue weighted by atomic mass is 9.57. The minimum absolute atomic E-state index is 0.00320. The highest BCUT2D eigenvalue weighted by molar-refractivity contribution is 9.10. The third kappa shape index (κ3) is 2.46. The molecule has 1 aromatic rings. The number of nitrogens with zero attached hydrogens (tertiary/aromatic N) is 1. The third-order valence-electron chi connectivity index (χ3n) is 4.68. The summed E-state index contributed by atoms with van der Waals surface area (Å²) in [5.74, 6) is 0.736. The van der Waals surface area contributed by atoms with Gasteiger partial charge in [0.1, 0.15) is 17.6 Å². The topological polar surface area (TPSA) is 69.4 Å². The quantitative estimate of drug-likeness (QED) is 0.607. The van der Waals surface area contributed by atoms with E-state index in [1.165, 1.54) is 18.6 Å². The molecule has 112 valence electrons. The van der Waals surface area contributed by atoms with Gasteiger partial charge in [0, 0.05) is 12.5 Å². The van der Waals surface area contributed by atoms with Gasteiger partial charge < -0.3 is 4.74 Å². The highest BCUT2D eigenvalue weighted by Gasteiger charge is 2.56. The number of non-ortho nitro benzene ring substituents is 1. The predicted octanol–water partition coefficient (Wildman–Crippen LogP) is 4.03. The Bertz CT molecular complexity index is 595. The minimum atomic E-state index is -0.443. The number of hydrogen-bond donors (Lipinski definition) is 0. The fourth-order valence-corrected chi connectivity index (χ4v) is 3.74. The summed E-state index contributed by atoms with van der Waals surface area (Å²) in [6, 6.07) is 4.46. The van der Waals surface area contributed by atoms with Crippen LogP contribution in [0.3, 0.4) is 0 Å². The number of nitro benzene ring substituents is 1. The van der Waals surface area contributed by atoms with Gasteiger partial charge in [-0.2, -0.15) is 0 Å². The molecule has 2 saturated carbocycles. The van der Waals surface area contributed by atoms with Crippen molar-refractivity contribution in [3.05, 3.63) is 32.8 Å². The van der Waals surface area contributed by atoms with Gasteiger partial charge in [0.25, 0.3) is 5.69 Å². The number of benzene rings is 1. The first-order chi connectivity index (χ1) is 10.0. The number of Topliss-reactive ketones (excluding diaryl/α,β-unsaturated/α-hetero) is 1. The van der Waals surface area contributed by atoms with Crippen LogP contribution in [0.2, 0.25) is 0 Å². The Morgan fingerprint density at radius 2 is 2.00 bits per heavy atom. The summed E-state index contributed by atoms with van der Waals surface area (Å²) in [7, 11) is 0. The lowest BCUT2D eigenvalue weighted by Gasteiger charge is -2.49. The molecule has 0 aromatic heterocycles. The molecule has 1 spiro atoms. The Balaban J connectivity index is 1.82. The van der Waals surface area contributed by atoms with Crippen molar-refractivity contribution in [1.82, 2.24) is 0 Å². The van der Waals surface area contributed by atoms with Crippen LogP contribution in [0.4, 0.5) is 5.69 Å². The molecular weight excluding hydrogens is 338 g/mol. The maximum absolute atomic E-state index is 12.1. The van der Waals surface area contributed by atoms with Gasteiger partial charge in [0.15, 0.2) is 0 Å². The Morgan fingerprint density at radius 1 is 1.29 bits per heavy atom. The molecule has 1 aromatic carbocycles. The molecule has 5 nitrogen and oxygen atoms in total. The fourth-order valence-electron chi connectivity index (χ4n) is 3.40. The molecular formula is C15H16BrNO4. The van der Waals surface area contributed by atoms with E-state index in [0.717, 1.165) is 25.7 Å². The van der Waals surface area contributed by atoms with E-state index in [0.29, 0.717) is 16.6 Å². The van der Waals surface area contributed by atoms with Crippen molar-refractivity contribution in [2.45, 2.75) is 44.6 Å². The summed E-state index contributed by atoms with van der Waals surface area (Å²) in [5, 5.41) is 10.9. The van der Waals surface area contributed by atoms with E-state index >= 15 is 0 Å². The first-order valence-corrected chi connectivity index (χ1v) is 7.96. The SMILES string of the molecule is O=C1CC(Oc2cc([N+](=O)[O-])ccc2Br)C12CCCCC2. The minimum Gasteiger partial charge on any atom is -0.487 e. The van der Waals surface area contributed by atoms with E-state index in [1.54, 1.807) is 6.07 Å². The number of ketones is 1. The monoisotopic (exact) mass is 353 g/mol. The molecule has 6 heteroatoms. The molecule has 21 heavy (non-hydrogen) atoms. The molecule has 1 atom stereocenters. The van der Waals surface area contributed by atoms with E-state index in [2.05, 4.69) is 15.9 Å².